The zero-order valence-electron chi connectivity index (χ0n) is 7.01. The van der Waals surface area contributed by atoms with E-state index in [0.717, 1.165) is 5.76 Å². The van der Waals surface area contributed by atoms with Crippen molar-refractivity contribution in [2.45, 2.75) is 19.5 Å². The second-order valence-electron chi connectivity index (χ2n) is 2.72. The van der Waals surface area contributed by atoms with E-state index in [-0.39, 0.29) is 0 Å². The van der Waals surface area contributed by atoms with Crippen LogP contribution in [0.1, 0.15) is 12.7 Å². The Kier molecular flexibility index (Phi) is 3.59. The van der Waals surface area contributed by atoms with Gasteiger partial charge in [0.1, 0.15) is 5.76 Å². The number of halogens is 1. The lowest BCUT2D eigenvalue weighted by Crippen LogP contribution is -2.32. The van der Waals surface area contributed by atoms with Gasteiger partial charge in [-0.3, -0.25) is 0 Å². The Morgan fingerprint density at radius 1 is 1.67 bits per heavy atom. The average Bonchev–Trinajstić information content (AvgIpc) is 2.47. The minimum Gasteiger partial charge on any atom is -0.448 e. The van der Waals surface area contributed by atoms with Gasteiger partial charge in [-0.2, -0.15) is 0 Å². The second-order valence-corrected chi connectivity index (χ2v) is 3.10. The first-order valence-corrected chi connectivity index (χ1v) is 4.28. The van der Waals surface area contributed by atoms with Crippen LogP contribution in [0.5, 0.6) is 0 Å². The first-order valence-electron chi connectivity index (χ1n) is 3.90. The van der Waals surface area contributed by atoms with Gasteiger partial charge in [-0.05, 0) is 30.7 Å². The fourth-order valence-corrected chi connectivity index (χ4v) is 0.967. The Balaban J connectivity index is 2.33. The third-order valence-corrected chi connectivity index (χ3v) is 1.81. The molecule has 0 saturated carbocycles. The molecule has 4 heteroatoms. The molecule has 0 saturated heterocycles. The van der Waals surface area contributed by atoms with E-state index in [0.29, 0.717) is 24.4 Å². The van der Waals surface area contributed by atoms with Crippen LogP contribution in [0.4, 0.5) is 0 Å². The maximum absolute atomic E-state index is 5.59. The summed E-state index contributed by atoms with van der Waals surface area (Å²) in [6.45, 7) is 3.31. The van der Waals surface area contributed by atoms with E-state index in [1.165, 1.54) is 0 Å². The minimum absolute atomic E-state index is 0.300. The summed E-state index contributed by atoms with van der Waals surface area (Å²) in [6, 6.07) is 3.87. The van der Waals surface area contributed by atoms with Crippen molar-refractivity contribution in [3.8, 4) is 0 Å². The molecule has 0 aliphatic heterocycles. The molecule has 0 aliphatic carbocycles. The van der Waals surface area contributed by atoms with E-state index in [9.17, 15) is 0 Å². The highest BCUT2D eigenvalue weighted by atomic mass is 35.5. The lowest BCUT2D eigenvalue weighted by atomic mass is 10.3. The van der Waals surface area contributed by atoms with Crippen molar-refractivity contribution in [1.29, 1.82) is 0 Å². The third kappa shape index (κ3) is 2.85. The molecule has 1 aromatic rings. The molecule has 0 unspecified atom stereocenters. The van der Waals surface area contributed by atoms with Gasteiger partial charge in [0.2, 0.25) is 0 Å². The van der Waals surface area contributed by atoms with Gasteiger partial charge in [0.15, 0.2) is 5.22 Å². The lowest BCUT2D eigenvalue weighted by Gasteiger charge is -2.08. The molecular weight excluding hydrogens is 176 g/mol. The summed E-state index contributed by atoms with van der Waals surface area (Å²) < 4.78 is 5.14. The van der Waals surface area contributed by atoms with Gasteiger partial charge < -0.3 is 15.5 Å². The van der Waals surface area contributed by atoms with E-state index in [1.54, 1.807) is 6.07 Å². The van der Waals surface area contributed by atoms with Crippen LogP contribution < -0.4 is 11.1 Å². The maximum atomic E-state index is 5.59. The highest BCUT2D eigenvalue weighted by molar-refractivity contribution is 6.28. The van der Waals surface area contributed by atoms with Crippen LogP contribution in [-0.2, 0) is 6.54 Å². The van der Waals surface area contributed by atoms with Crippen LogP contribution in [0.25, 0.3) is 0 Å². The summed E-state index contributed by atoms with van der Waals surface area (Å²) in [5, 5.41) is 3.61. The van der Waals surface area contributed by atoms with Crippen LogP contribution in [0.2, 0.25) is 5.22 Å². The SMILES string of the molecule is C[C@@H](CN)NCc1ccc(Cl)o1. The molecule has 1 aromatic heterocycles. The zero-order chi connectivity index (χ0) is 8.97. The van der Waals surface area contributed by atoms with Crippen molar-refractivity contribution >= 4 is 11.6 Å². The molecule has 68 valence electrons. The maximum Gasteiger partial charge on any atom is 0.193 e. The van der Waals surface area contributed by atoms with Gasteiger partial charge in [0.25, 0.3) is 0 Å². The molecule has 0 aromatic carbocycles. The van der Waals surface area contributed by atoms with E-state index in [2.05, 4.69) is 5.32 Å². The molecule has 3 nitrogen and oxygen atoms in total. The molecule has 0 bridgehead atoms. The summed E-state index contributed by atoms with van der Waals surface area (Å²) in [5.41, 5.74) is 5.42. The summed E-state index contributed by atoms with van der Waals surface area (Å²) in [6.07, 6.45) is 0. The van der Waals surface area contributed by atoms with Crippen molar-refractivity contribution in [2.24, 2.45) is 5.73 Å². The van der Waals surface area contributed by atoms with Gasteiger partial charge in [-0.25, -0.2) is 0 Å². The van der Waals surface area contributed by atoms with E-state index in [4.69, 9.17) is 21.8 Å². The van der Waals surface area contributed by atoms with Gasteiger partial charge in [0.05, 0.1) is 6.54 Å². The summed E-state index contributed by atoms with van der Waals surface area (Å²) in [7, 11) is 0. The highest BCUT2D eigenvalue weighted by Gasteiger charge is 2.01. The highest BCUT2D eigenvalue weighted by Crippen LogP contribution is 2.12. The van der Waals surface area contributed by atoms with Crippen molar-refractivity contribution < 1.29 is 4.42 Å². The number of rotatable bonds is 4. The summed E-state index contributed by atoms with van der Waals surface area (Å²) in [5.74, 6) is 0.834. The fourth-order valence-electron chi connectivity index (χ4n) is 0.805. The van der Waals surface area contributed by atoms with Gasteiger partial charge in [-0.1, -0.05) is 0 Å². The molecule has 0 fully saturated rings. The average molecular weight is 189 g/mol. The number of nitrogens with two attached hydrogens (primary N) is 1. The minimum atomic E-state index is 0.300. The quantitative estimate of drug-likeness (QED) is 0.751. The van der Waals surface area contributed by atoms with Crippen LogP contribution >= 0.6 is 11.6 Å². The zero-order valence-corrected chi connectivity index (χ0v) is 7.77. The van der Waals surface area contributed by atoms with Crippen LogP contribution in [-0.4, -0.2) is 12.6 Å². The first kappa shape index (κ1) is 9.58. The largest absolute Gasteiger partial charge is 0.448 e. The molecule has 0 aliphatic rings. The smallest absolute Gasteiger partial charge is 0.193 e. The number of hydrogen-bond donors (Lipinski definition) is 2. The standard InChI is InChI=1S/C8H13ClN2O/c1-6(4-10)11-5-7-2-3-8(9)12-7/h2-3,6,11H,4-5,10H2,1H3/t6-/m0/s1. The molecule has 1 rings (SSSR count). The predicted molar refractivity (Wildman–Crippen MR) is 49.1 cm³/mol. The second kappa shape index (κ2) is 4.50. The lowest BCUT2D eigenvalue weighted by molar-refractivity contribution is 0.458. The Labute approximate surface area is 76.9 Å². The number of furan rings is 1. The van der Waals surface area contributed by atoms with Crippen molar-refractivity contribution in [3.05, 3.63) is 23.1 Å². The Hall–Kier alpha value is -0.510. The van der Waals surface area contributed by atoms with E-state index >= 15 is 0 Å². The molecule has 0 radical (unpaired) electrons. The topological polar surface area (TPSA) is 51.2 Å². The van der Waals surface area contributed by atoms with Crippen LogP contribution in [0, 0.1) is 0 Å². The molecule has 0 amide bonds. The van der Waals surface area contributed by atoms with E-state index in [1.807, 2.05) is 13.0 Å². The fraction of sp³-hybridized carbons (Fsp3) is 0.500. The number of nitrogens with one attached hydrogen (secondary N) is 1. The third-order valence-electron chi connectivity index (χ3n) is 1.61. The Morgan fingerprint density at radius 3 is 2.92 bits per heavy atom. The van der Waals surface area contributed by atoms with Gasteiger partial charge in [-0.15, -0.1) is 0 Å². The first-order chi connectivity index (χ1) is 5.72. The molecule has 3 N–H and O–H groups in total. The molecule has 12 heavy (non-hydrogen) atoms. The number of hydrogen-bond acceptors (Lipinski definition) is 3. The molecule has 0 spiro atoms. The van der Waals surface area contributed by atoms with Crippen LogP contribution in [0.15, 0.2) is 16.5 Å². The normalized spacial score (nSPS) is 13.2. The molecule has 1 atom stereocenters. The Morgan fingerprint density at radius 2 is 2.42 bits per heavy atom. The summed E-state index contributed by atoms with van der Waals surface area (Å²) in [4.78, 5) is 0. The monoisotopic (exact) mass is 188 g/mol. The predicted octanol–water partition coefficient (Wildman–Crippen LogP) is 1.37. The molecular formula is C8H13ClN2O. The Bertz CT molecular complexity index is 237. The van der Waals surface area contributed by atoms with Gasteiger partial charge >= 0.3 is 0 Å². The summed E-state index contributed by atoms with van der Waals surface area (Å²) >= 11 is 5.59. The van der Waals surface area contributed by atoms with Crippen molar-refractivity contribution in [3.63, 3.8) is 0 Å². The van der Waals surface area contributed by atoms with Gasteiger partial charge in [0, 0.05) is 12.6 Å². The van der Waals surface area contributed by atoms with Crippen molar-refractivity contribution in [1.82, 2.24) is 5.32 Å². The van der Waals surface area contributed by atoms with Crippen molar-refractivity contribution in [2.75, 3.05) is 6.54 Å². The van der Waals surface area contributed by atoms with Crippen LogP contribution in [0.3, 0.4) is 0 Å². The van der Waals surface area contributed by atoms with E-state index < -0.39 is 0 Å². The molecule has 1 heterocycles.